The first-order valence-electron chi connectivity index (χ1n) is 9.60. The van der Waals surface area contributed by atoms with E-state index in [-0.39, 0.29) is 16.9 Å². The van der Waals surface area contributed by atoms with Crippen LogP contribution in [0.1, 0.15) is 59.3 Å². The molecule has 0 N–H and O–H groups in total. The summed E-state index contributed by atoms with van der Waals surface area (Å²) >= 11 is 0. The monoisotopic (exact) mass is 350 g/mol. The van der Waals surface area contributed by atoms with Crippen molar-refractivity contribution < 1.29 is 14.0 Å². The lowest BCUT2D eigenvalue weighted by Crippen LogP contribution is -2.45. The number of hydrogen-bond donors (Lipinski definition) is 0. The number of carbonyl (C=O) groups excluding carboxylic acids is 1. The van der Waals surface area contributed by atoms with E-state index >= 15 is 0 Å². The second kappa shape index (κ2) is 6.28. The predicted octanol–water partition coefficient (Wildman–Crippen LogP) is 5.08. The lowest BCUT2D eigenvalue weighted by atomic mass is 9.75. The van der Waals surface area contributed by atoms with Gasteiger partial charge in [-0.2, -0.15) is 0 Å². The van der Waals surface area contributed by atoms with E-state index in [1.165, 1.54) is 13.5 Å². The summed E-state index contributed by atoms with van der Waals surface area (Å²) in [6.45, 7) is 11.7. The Hall–Kier alpha value is -0.613. The Labute approximate surface area is 148 Å². The van der Waals surface area contributed by atoms with E-state index in [2.05, 4.69) is 33.9 Å². The Morgan fingerprint density at radius 3 is 2.46 bits per heavy atom. The molecule has 1 fully saturated rings. The molecule has 3 rings (SSSR count). The van der Waals surface area contributed by atoms with E-state index in [0.717, 1.165) is 32.1 Å². The van der Waals surface area contributed by atoms with Gasteiger partial charge in [0.05, 0.1) is 19.1 Å². The number of methoxy groups -OCH3 is 1. The molecule has 3 nitrogen and oxygen atoms in total. The maximum atomic E-state index is 12.2. The van der Waals surface area contributed by atoms with Crippen molar-refractivity contribution in [2.75, 3.05) is 7.11 Å². The van der Waals surface area contributed by atoms with Crippen LogP contribution in [0.3, 0.4) is 0 Å². The molecular formula is C20H34O3Si. The van der Waals surface area contributed by atoms with Crippen LogP contribution in [-0.4, -0.2) is 27.5 Å². The molecule has 0 aromatic carbocycles. The number of rotatable bonds is 3. The van der Waals surface area contributed by atoms with Crippen LogP contribution in [0.15, 0.2) is 11.1 Å². The molecule has 0 saturated heterocycles. The number of hydrogen-bond acceptors (Lipinski definition) is 3. The molecule has 2 bridgehead atoms. The van der Waals surface area contributed by atoms with E-state index in [1.54, 1.807) is 11.1 Å². The van der Waals surface area contributed by atoms with Crippen LogP contribution in [0, 0.1) is 17.8 Å². The molecule has 0 amide bonds. The average molecular weight is 351 g/mol. The summed E-state index contributed by atoms with van der Waals surface area (Å²) in [4.78, 5) is 12.2. The third kappa shape index (κ3) is 3.12. The molecule has 0 aromatic heterocycles. The summed E-state index contributed by atoms with van der Waals surface area (Å²) in [7, 11) is -0.227. The van der Waals surface area contributed by atoms with Crippen molar-refractivity contribution in [3.63, 3.8) is 0 Å². The first kappa shape index (κ1) is 18.2. The van der Waals surface area contributed by atoms with E-state index < -0.39 is 8.32 Å². The average Bonchev–Trinajstić information content (AvgIpc) is 2.85. The second-order valence-corrected chi connectivity index (χ2v) is 14.3. The van der Waals surface area contributed by atoms with Gasteiger partial charge in [0.25, 0.3) is 0 Å². The molecule has 1 saturated carbocycles. The molecule has 3 aliphatic carbocycles. The fourth-order valence-corrected chi connectivity index (χ4v) is 6.12. The standard InChI is InChI=1S/C20H34O3Si/c1-20(2,3)24(5,6)23-18-10-8-14-11-16-13(7-9-15(16)18)12-17(14)19(21)22-4/h14-15,17-18H,7-12H2,1-6H3/t14-,15-,17+,18-/m1/s1. The van der Waals surface area contributed by atoms with Gasteiger partial charge in [-0.05, 0) is 62.6 Å². The minimum Gasteiger partial charge on any atom is -0.469 e. The molecule has 24 heavy (non-hydrogen) atoms. The summed E-state index contributed by atoms with van der Waals surface area (Å²) in [5.74, 6) is 1.15. The van der Waals surface area contributed by atoms with Crippen LogP contribution >= 0.6 is 0 Å². The van der Waals surface area contributed by atoms with Gasteiger partial charge in [0.1, 0.15) is 0 Å². The number of carbonyl (C=O) groups is 1. The molecule has 0 spiro atoms. The lowest BCUT2D eigenvalue weighted by Gasteiger charge is -2.41. The third-order valence-electron chi connectivity index (χ3n) is 7.20. The van der Waals surface area contributed by atoms with Crippen LogP contribution in [-0.2, 0) is 14.0 Å². The Bertz CT molecular complexity index is 544. The predicted molar refractivity (Wildman–Crippen MR) is 99.3 cm³/mol. The van der Waals surface area contributed by atoms with Crippen LogP contribution in [0.4, 0.5) is 0 Å². The zero-order valence-electron chi connectivity index (χ0n) is 16.3. The summed E-state index contributed by atoms with van der Waals surface area (Å²) in [5.41, 5.74) is 3.21. The van der Waals surface area contributed by atoms with Crippen molar-refractivity contribution in [1.29, 1.82) is 0 Å². The summed E-state index contributed by atoms with van der Waals surface area (Å²) in [5, 5.41) is 0.249. The molecule has 3 aliphatic rings. The normalized spacial score (nSPS) is 33.4. The fraction of sp³-hybridized carbons (Fsp3) is 0.850. The van der Waals surface area contributed by atoms with E-state index in [4.69, 9.17) is 9.16 Å². The molecule has 4 heteroatoms. The maximum absolute atomic E-state index is 12.2. The number of allylic oxidation sites excluding steroid dienone is 1. The highest BCUT2D eigenvalue weighted by Gasteiger charge is 2.47. The number of ether oxygens (including phenoxy) is 1. The molecule has 0 aliphatic heterocycles. The van der Waals surface area contributed by atoms with Crippen LogP contribution in [0.5, 0.6) is 0 Å². The van der Waals surface area contributed by atoms with Crippen LogP contribution < -0.4 is 0 Å². The maximum Gasteiger partial charge on any atom is 0.309 e. The summed E-state index contributed by atoms with van der Waals surface area (Å²) < 4.78 is 12.0. The Morgan fingerprint density at radius 2 is 1.83 bits per heavy atom. The van der Waals surface area contributed by atoms with Crippen molar-refractivity contribution in [3.8, 4) is 0 Å². The summed E-state index contributed by atoms with van der Waals surface area (Å²) in [6.07, 6.45) is 7.01. The number of esters is 1. The molecule has 136 valence electrons. The minimum absolute atomic E-state index is 0.00114. The van der Waals surface area contributed by atoms with Gasteiger partial charge in [-0.3, -0.25) is 4.79 Å². The summed E-state index contributed by atoms with van der Waals surface area (Å²) in [6, 6.07) is 0. The smallest absolute Gasteiger partial charge is 0.309 e. The van der Waals surface area contributed by atoms with Gasteiger partial charge >= 0.3 is 5.97 Å². The molecule has 0 heterocycles. The topological polar surface area (TPSA) is 35.5 Å². The van der Waals surface area contributed by atoms with Crippen molar-refractivity contribution >= 4 is 14.3 Å². The highest BCUT2D eigenvalue weighted by Crippen LogP contribution is 2.52. The SMILES string of the molecule is COC(=O)[C@H]1CC2=C3C[C@H]1CC[C@@H](O[Si](C)(C)C(C)(C)C)[C@@H]3CC2. The van der Waals surface area contributed by atoms with E-state index in [9.17, 15) is 4.79 Å². The van der Waals surface area contributed by atoms with Crippen molar-refractivity contribution in [2.24, 2.45) is 17.8 Å². The second-order valence-electron chi connectivity index (χ2n) is 9.57. The van der Waals surface area contributed by atoms with Crippen molar-refractivity contribution in [1.82, 2.24) is 0 Å². The first-order chi connectivity index (χ1) is 11.1. The Kier molecular flexibility index (Phi) is 4.76. The lowest BCUT2D eigenvalue weighted by molar-refractivity contribution is -0.147. The highest BCUT2D eigenvalue weighted by atomic mass is 28.4. The Balaban J connectivity index is 1.83. The zero-order valence-corrected chi connectivity index (χ0v) is 17.3. The van der Waals surface area contributed by atoms with Gasteiger partial charge in [-0.1, -0.05) is 31.9 Å². The third-order valence-corrected chi connectivity index (χ3v) is 11.7. The van der Waals surface area contributed by atoms with Crippen LogP contribution in [0.25, 0.3) is 0 Å². The van der Waals surface area contributed by atoms with Crippen LogP contribution in [0.2, 0.25) is 18.1 Å². The van der Waals surface area contributed by atoms with Gasteiger partial charge in [0, 0.05) is 5.92 Å². The van der Waals surface area contributed by atoms with Crippen molar-refractivity contribution in [2.45, 2.75) is 83.5 Å². The Morgan fingerprint density at radius 1 is 1.12 bits per heavy atom. The minimum atomic E-state index is -1.76. The largest absolute Gasteiger partial charge is 0.469 e. The van der Waals surface area contributed by atoms with Crippen molar-refractivity contribution in [3.05, 3.63) is 11.1 Å². The molecule has 4 atom stereocenters. The van der Waals surface area contributed by atoms with Gasteiger partial charge in [-0.15, -0.1) is 0 Å². The van der Waals surface area contributed by atoms with E-state index in [1.807, 2.05) is 0 Å². The zero-order chi connectivity index (χ0) is 17.7. The van der Waals surface area contributed by atoms with Gasteiger partial charge in [0.15, 0.2) is 8.32 Å². The molecule has 0 aromatic rings. The quantitative estimate of drug-likeness (QED) is 0.405. The highest BCUT2D eigenvalue weighted by molar-refractivity contribution is 6.74. The number of fused-ring (bicyclic) bond motifs is 1. The van der Waals surface area contributed by atoms with Gasteiger partial charge < -0.3 is 9.16 Å². The molecular weight excluding hydrogens is 316 g/mol. The fourth-order valence-electron chi connectivity index (χ4n) is 4.73. The molecule has 0 unspecified atom stereocenters. The van der Waals surface area contributed by atoms with Gasteiger partial charge in [0.2, 0.25) is 0 Å². The molecule has 0 radical (unpaired) electrons. The van der Waals surface area contributed by atoms with Gasteiger partial charge in [-0.25, -0.2) is 0 Å². The van der Waals surface area contributed by atoms with E-state index in [0.29, 0.717) is 17.9 Å². The first-order valence-corrected chi connectivity index (χ1v) is 12.5.